The quantitative estimate of drug-likeness (QED) is 0.469. The average Bonchev–Trinajstić information content (AvgIpc) is 2.34. The maximum absolute atomic E-state index is 11.6. The Labute approximate surface area is 106 Å². The van der Waals surface area contributed by atoms with Crippen molar-refractivity contribution < 1.29 is 19.4 Å². The van der Waals surface area contributed by atoms with Gasteiger partial charge in [0.1, 0.15) is 12.6 Å². The number of carbonyl (C=O) groups excluding carboxylic acids is 2. The van der Waals surface area contributed by atoms with Crippen molar-refractivity contribution in [3.8, 4) is 0 Å². The zero-order valence-corrected chi connectivity index (χ0v) is 11.2. The number of aliphatic hydroxyl groups is 1. The molecule has 0 bridgehead atoms. The van der Waals surface area contributed by atoms with Crippen molar-refractivity contribution in [1.82, 2.24) is 5.32 Å². The number of aliphatic hydroxyl groups excluding tert-OH is 1. The summed E-state index contributed by atoms with van der Waals surface area (Å²) in [6.45, 7) is 1.77. The first-order valence-electron chi connectivity index (χ1n) is 5.71. The fraction of sp³-hybridized carbons (Fsp3) is 0.818. The van der Waals surface area contributed by atoms with Crippen LogP contribution in [0.4, 0.5) is 0 Å². The molecule has 5 nitrogen and oxygen atoms in total. The molecule has 0 saturated heterocycles. The highest BCUT2D eigenvalue weighted by atomic mass is 32.2. The third kappa shape index (κ3) is 8.04. The summed E-state index contributed by atoms with van der Waals surface area (Å²) in [6.07, 6.45) is 4.20. The van der Waals surface area contributed by atoms with Crippen LogP contribution in [0.3, 0.4) is 0 Å². The maximum Gasteiger partial charge on any atom is 0.328 e. The molecule has 0 radical (unpaired) electrons. The SMILES string of the molecule is CCCCOC(=O)[C@H](CCSC)NC(=O)CO. The smallest absolute Gasteiger partial charge is 0.328 e. The van der Waals surface area contributed by atoms with Crippen molar-refractivity contribution in [2.45, 2.75) is 32.2 Å². The fourth-order valence-corrected chi connectivity index (χ4v) is 1.61. The van der Waals surface area contributed by atoms with Crippen molar-refractivity contribution in [1.29, 1.82) is 0 Å². The Morgan fingerprint density at radius 1 is 1.47 bits per heavy atom. The van der Waals surface area contributed by atoms with Crippen molar-refractivity contribution in [3.63, 3.8) is 0 Å². The van der Waals surface area contributed by atoms with Crippen LogP contribution in [0.1, 0.15) is 26.2 Å². The Morgan fingerprint density at radius 2 is 2.18 bits per heavy atom. The van der Waals surface area contributed by atoms with E-state index in [2.05, 4.69) is 5.32 Å². The summed E-state index contributed by atoms with van der Waals surface area (Å²) >= 11 is 1.59. The summed E-state index contributed by atoms with van der Waals surface area (Å²) in [5.41, 5.74) is 0. The molecule has 0 saturated carbocycles. The predicted octanol–water partition coefficient (Wildman–Crippen LogP) is 0.560. The Kier molecular flexibility index (Phi) is 9.95. The lowest BCUT2D eigenvalue weighted by Crippen LogP contribution is -2.43. The topological polar surface area (TPSA) is 75.6 Å². The second kappa shape index (κ2) is 10.4. The molecule has 0 aliphatic carbocycles. The molecule has 0 fully saturated rings. The Bertz CT molecular complexity index is 236. The fourth-order valence-electron chi connectivity index (χ4n) is 1.14. The lowest BCUT2D eigenvalue weighted by Gasteiger charge is -2.16. The molecule has 0 spiro atoms. The molecule has 17 heavy (non-hydrogen) atoms. The minimum Gasteiger partial charge on any atom is -0.464 e. The molecule has 0 aliphatic rings. The number of hydrogen-bond donors (Lipinski definition) is 2. The molecule has 0 unspecified atom stereocenters. The second-order valence-electron chi connectivity index (χ2n) is 3.58. The number of unbranched alkanes of at least 4 members (excludes halogenated alkanes) is 1. The highest BCUT2D eigenvalue weighted by Crippen LogP contribution is 2.03. The van der Waals surface area contributed by atoms with Crippen LogP contribution in [-0.2, 0) is 14.3 Å². The van der Waals surface area contributed by atoms with Crippen molar-refractivity contribution in [2.24, 2.45) is 0 Å². The normalized spacial score (nSPS) is 11.9. The van der Waals surface area contributed by atoms with Gasteiger partial charge in [-0.15, -0.1) is 0 Å². The van der Waals surface area contributed by atoms with Gasteiger partial charge in [-0.05, 0) is 24.9 Å². The Balaban J connectivity index is 4.14. The van der Waals surface area contributed by atoms with Crippen LogP contribution in [0.5, 0.6) is 0 Å². The Hall–Kier alpha value is -0.750. The first-order valence-corrected chi connectivity index (χ1v) is 7.10. The molecule has 0 aromatic rings. The first kappa shape index (κ1) is 16.2. The number of rotatable bonds is 9. The third-order valence-electron chi connectivity index (χ3n) is 2.12. The van der Waals surface area contributed by atoms with E-state index >= 15 is 0 Å². The summed E-state index contributed by atoms with van der Waals surface area (Å²) in [7, 11) is 0. The van der Waals surface area contributed by atoms with Gasteiger partial charge in [0.25, 0.3) is 0 Å². The third-order valence-corrected chi connectivity index (χ3v) is 2.76. The number of thioether (sulfide) groups is 1. The molecule has 100 valence electrons. The number of nitrogens with one attached hydrogen (secondary N) is 1. The number of esters is 1. The van der Waals surface area contributed by atoms with Crippen LogP contribution in [0.15, 0.2) is 0 Å². The van der Waals surface area contributed by atoms with Gasteiger partial charge in [-0.2, -0.15) is 11.8 Å². The lowest BCUT2D eigenvalue weighted by molar-refractivity contribution is -0.148. The summed E-state index contributed by atoms with van der Waals surface area (Å²) in [5, 5.41) is 11.1. The first-order chi connectivity index (χ1) is 8.15. The summed E-state index contributed by atoms with van der Waals surface area (Å²) in [5.74, 6) is -0.225. The molecule has 0 rings (SSSR count). The molecule has 0 heterocycles. The monoisotopic (exact) mass is 263 g/mol. The zero-order valence-electron chi connectivity index (χ0n) is 10.4. The van der Waals surface area contributed by atoms with E-state index in [4.69, 9.17) is 9.84 Å². The molecule has 0 aliphatic heterocycles. The summed E-state index contributed by atoms with van der Waals surface area (Å²) in [6, 6.07) is -0.654. The molecular weight excluding hydrogens is 242 g/mol. The van der Waals surface area contributed by atoms with E-state index in [1.807, 2.05) is 13.2 Å². The van der Waals surface area contributed by atoms with Crippen molar-refractivity contribution in [2.75, 3.05) is 25.2 Å². The van der Waals surface area contributed by atoms with Crippen LogP contribution in [-0.4, -0.2) is 48.2 Å². The standard InChI is InChI=1S/C11H21NO4S/c1-3-4-6-16-11(15)9(5-7-17-2)12-10(14)8-13/h9,13H,3-8H2,1-2H3,(H,12,14)/t9-/m0/s1. The molecule has 0 aromatic heterocycles. The van der Waals surface area contributed by atoms with Gasteiger partial charge >= 0.3 is 5.97 Å². The predicted molar refractivity (Wildman–Crippen MR) is 67.9 cm³/mol. The van der Waals surface area contributed by atoms with Gasteiger partial charge in [0.05, 0.1) is 6.61 Å². The lowest BCUT2D eigenvalue weighted by atomic mass is 10.2. The van der Waals surface area contributed by atoms with Crippen LogP contribution in [0, 0.1) is 0 Å². The molecule has 2 N–H and O–H groups in total. The van der Waals surface area contributed by atoms with E-state index in [0.717, 1.165) is 18.6 Å². The van der Waals surface area contributed by atoms with E-state index in [1.54, 1.807) is 11.8 Å². The van der Waals surface area contributed by atoms with Gasteiger partial charge in [-0.25, -0.2) is 4.79 Å². The van der Waals surface area contributed by atoms with Crippen LogP contribution >= 0.6 is 11.8 Å². The average molecular weight is 263 g/mol. The molecular formula is C11H21NO4S. The van der Waals surface area contributed by atoms with Crippen LogP contribution in [0.25, 0.3) is 0 Å². The van der Waals surface area contributed by atoms with Crippen LogP contribution in [0.2, 0.25) is 0 Å². The van der Waals surface area contributed by atoms with Gasteiger partial charge in [0.2, 0.25) is 5.91 Å². The Morgan fingerprint density at radius 3 is 2.71 bits per heavy atom. The number of carbonyl (C=O) groups is 2. The van der Waals surface area contributed by atoms with E-state index in [0.29, 0.717) is 13.0 Å². The molecule has 6 heteroatoms. The number of amides is 1. The molecule has 1 atom stereocenters. The van der Waals surface area contributed by atoms with Gasteiger partial charge in [0, 0.05) is 0 Å². The minimum atomic E-state index is -0.654. The van der Waals surface area contributed by atoms with E-state index in [1.165, 1.54) is 0 Å². The van der Waals surface area contributed by atoms with Gasteiger partial charge in [-0.3, -0.25) is 4.79 Å². The zero-order chi connectivity index (χ0) is 13.1. The van der Waals surface area contributed by atoms with Gasteiger partial charge < -0.3 is 15.2 Å². The maximum atomic E-state index is 11.6. The number of ether oxygens (including phenoxy) is 1. The van der Waals surface area contributed by atoms with Gasteiger partial charge in [0.15, 0.2) is 0 Å². The largest absolute Gasteiger partial charge is 0.464 e. The van der Waals surface area contributed by atoms with Gasteiger partial charge in [-0.1, -0.05) is 13.3 Å². The molecule has 0 aromatic carbocycles. The minimum absolute atomic E-state index is 0.375. The van der Waals surface area contributed by atoms with E-state index < -0.39 is 24.5 Å². The van der Waals surface area contributed by atoms with Crippen LogP contribution < -0.4 is 5.32 Å². The van der Waals surface area contributed by atoms with E-state index in [9.17, 15) is 9.59 Å². The highest BCUT2D eigenvalue weighted by molar-refractivity contribution is 7.98. The van der Waals surface area contributed by atoms with Crippen molar-refractivity contribution in [3.05, 3.63) is 0 Å². The number of hydrogen-bond acceptors (Lipinski definition) is 5. The second-order valence-corrected chi connectivity index (χ2v) is 4.57. The van der Waals surface area contributed by atoms with Crippen molar-refractivity contribution >= 4 is 23.6 Å². The highest BCUT2D eigenvalue weighted by Gasteiger charge is 2.21. The summed E-state index contributed by atoms with van der Waals surface area (Å²) in [4.78, 5) is 22.7. The molecule has 1 amide bonds. The van der Waals surface area contributed by atoms with E-state index in [-0.39, 0.29) is 0 Å². The summed E-state index contributed by atoms with van der Waals surface area (Å²) < 4.78 is 5.04.